The molecule has 0 aliphatic carbocycles. The number of carbonyl (C=O) groups excluding carboxylic acids is 1. The summed E-state index contributed by atoms with van der Waals surface area (Å²) >= 11 is 1.44. The van der Waals surface area contributed by atoms with Crippen LogP contribution in [0.2, 0.25) is 0 Å². The minimum Gasteiger partial charge on any atom is -0.444 e. The number of fused-ring (bicyclic) bond motifs is 2. The van der Waals surface area contributed by atoms with Crippen LogP contribution in [0.3, 0.4) is 0 Å². The zero-order chi connectivity index (χ0) is 14.5. The number of aromatic nitrogens is 2. The van der Waals surface area contributed by atoms with Gasteiger partial charge in [-0.3, -0.25) is 0 Å². The van der Waals surface area contributed by atoms with Gasteiger partial charge in [0.1, 0.15) is 11.4 Å². The van der Waals surface area contributed by atoms with E-state index in [0.29, 0.717) is 6.04 Å². The zero-order valence-corrected chi connectivity index (χ0v) is 13.1. The molecule has 2 atom stereocenters. The predicted molar refractivity (Wildman–Crippen MR) is 77.1 cm³/mol. The number of hydrogen-bond donors (Lipinski definition) is 0. The van der Waals surface area contributed by atoms with Crippen LogP contribution in [0.15, 0.2) is 0 Å². The molecule has 20 heavy (non-hydrogen) atoms. The molecule has 2 aliphatic heterocycles. The van der Waals surface area contributed by atoms with Gasteiger partial charge >= 0.3 is 6.09 Å². The maximum absolute atomic E-state index is 12.2. The minimum atomic E-state index is -0.436. The standard InChI is InChI=1S/C13H20N4O2S/c1-8-14-11(20-15-8)16-6-10-5-9(16)7-17(10)12(18)19-13(2,3)4/h9-10H,5-7H2,1-4H3. The fraction of sp³-hybridized carbons (Fsp3) is 0.769. The van der Waals surface area contributed by atoms with Gasteiger partial charge in [-0.1, -0.05) is 0 Å². The molecule has 7 heteroatoms. The van der Waals surface area contributed by atoms with Crippen molar-refractivity contribution in [3.05, 3.63) is 5.82 Å². The van der Waals surface area contributed by atoms with Crippen LogP contribution in [0.5, 0.6) is 0 Å². The second-order valence-electron chi connectivity index (χ2n) is 6.45. The summed E-state index contributed by atoms with van der Waals surface area (Å²) in [5, 5.41) is 0.971. The number of piperazine rings is 1. The molecule has 2 unspecified atom stereocenters. The molecule has 0 radical (unpaired) electrons. The van der Waals surface area contributed by atoms with Crippen LogP contribution in [0.1, 0.15) is 33.0 Å². The van der Waals surface area contributed by atoms with E-state index in [-0.39, 0.29) is 12.1 Å². The molecule has 1 amide bonds. The zero-order valence-electron chi connectivity index (χ0n) is 12.3. The van der Waals surface area contributed by atoms with Crippen molar-refractivity contribution in [2.45, 2.75) is 51.8 Å². The smallest absolute Gasteiger partial charge is 0.410 e. The molecular weight excluding hydrogens is 276 g/mol. The molecule has 0 spiro atoms. The van der Waals surface area contributed by atoms with Gasteiger partial charge in [-0.05, 0) is 34.1 Å². The lowest BCUT2D eigenvalue weighted by molar-refractivity contribution is 0.0215. The van der Waals surface area contributed by atoms with Gasteiger partial charge in [-0.2, -0.15) is 4.37 Å². The van der Waals surface area contributed by atoms with Gasteiger partial charge in [0.25, 0.3) is 0 Å². The Morgan fingerprint density at radius 1 is 1.35 bits per heavy atom. The lowest BCUT2D eigenvalue weighted by Gasteiger charge is -2.34. The van der Waals surface area contributed by atoms with Gasteiger partial charge in [0.15, 0.2) is 0 Å². The summed E-state index contributed by atoms with van der Waals surface area (Å²) in [6, 6.07) is 0.582. The molecule has 2 aliphatic rings. The molecule has 2 saturated heterocycles. The minimum absolute atomic E-state index is 0.196. The maximum atomic E-state index is 12.2. The third-order valence-electron chi connectivity index (χ3n) is 3.63. The van der Waals surface area contributed by atoms with Crippen LogP contribution in [0.25, 0.3) is 0 Å². The third kappa shape index (κ3) is 2.46. The number of ether oxygens (including phenoxy) is 1. The van der Waals surface area contributed by atoms with Gasteiger partial charge in [0.05, 0.1) is 12.1 Å². The highest BCUT2D eigenvalue weighted by Crippen LogP contribution is 2.35. The first-order chi connectivity index (χ1) is 9.33. The fourth-order valence-corrected chi connectivity index (χ4v) is 3.60. The van der Waals surface area contributed by atoms with Gasteiger partial charge in [0.2, 0.25) is 5.13 Å². The number of rotatable bonds is 1. The lowest BCUT2D eigenvalue weighted by Crippen LogP contribution is -2.50. The van der Waals surface area contributed by atoms with Crippen LogP contribution in [-0.4, -0.2) is 51.1 Å². The molecule has 1 aromatic rings. The van der Waals surface area contributed by atoms with Crippen LogP contribution in [0.4, 0.5) is 9.93 Å². The van der Waals surface area contributed by atoms with Crippen LogP contribution in [-0.2, 0) is 4.74 Å². The molecule has 0 N–H and O–H groups in total. The van der Waals surface area contributed by atoms with E-state index in [1.165, 1.54) is 11.5 Å². The fourth-order valence-electron chi connectivity index (χ4n) is 2.85. The first kappa shape index (κ1) is 13.6. The van der Waals surface area contributed by atoms with E-state index in [1.807, 2.05) is 32.6 Å². The third-order valence-corrected chi connectivity index (χ3v) is 4.48. The number of hydrogen-bond acceptors (Lipinski definition) is 6. The molecule has 0 aromatic carbocycles. The van der Waals surface area contributed by atoms with Crippen molar-refractivity contribution < 1.29 is 9.53 Å². The van der Waals surface area contributed by atoms with Crippen molar-refractivity contribution in [1.29, 1.82) is 0 Å². The average Bonchev–Trinajstić information content (AvgIpc) is 2.99. The van der Waals surface area contributed by atoms with E-state index in [1.54, 1.807) is 0 Å². The summed E-state index contributed by atoms with van der Waals surface area (Å²) in [6.45, 7) is 9.15. The highest BCUT2D eigenvalue weighted by Gasteiger charge is 2.47. The van der Waals surface area contributed by atoms with E-state index in [2.05, 4.69) is 14.3 Å². The van der Waals surface area contributed by atoms with Crippen molar-refractivity contribution >= 4 is 22.8 Å². The number of anilines is 1. The second-order valence-corrected chi connectivity index (χ2v) is 7.18. The van der Waals surface area contributed by atoms with Crippen molar-refractivity contribution in [2.75, 3.05) is 18.0 Å². The van der Waals surface area contributed by atoms with Gasteiger partial charge in [-0.25, -0.2) is 9.78 Å². The summed E-state index contributed by atoms with van der Waals surface area (Å²) in [6.07, 6.45) is 0.802. The van der Waals surface area contributed by atoms with Crippen LogP contribution in [0, 0.1) is 6.92 Å². The van der Waals surface area contributed by atoms with Gasteiger partial charge in [0, 0.05) is 24.6 Å². The normalized spacial score (nSPS) is 25.4. The molecule has 1 aromatic heterocycles. The topological polar surface area (TPSA) is 58.6 Å². The Hall–Kier alpha value is -1.37. The van der Waals surface area contributed by atoms with E-state index in [0.717, 1.165) is 30.5 Å². The first-order valence-electron chi connectivity index (χ1n) is 6.90. The number of aryl methyl sites for hydroxylation is 1. The summed E-state index contributed by atoms with van der Waals surface area (Å²) in [4.78, 5) is 20.7. The summed E-state index contributed by atoms with van der Waals surface area (Å²) in [5.41, 5.74) is -0.436. The highest BCUT2D eigenvalue weighted by atomic mass is 32.1. The summed E-state index contributed by atoms with van der Waals surface area (Å²) < 4.78 is 9.69. The highest BCUT2D eigenvalue weighted by molar-refractivity contribution is 7.09. The molecule has 2 bridgehead atoms. The Morgan fingerprint density at radius 2 is 2.10 bits per heavy atom. The first-order valence-corrected chi connectivity index (χ1v) is 7.67. The van der Waals surface area contributed by atoms with E-state index in [4.69, 9.17) is 4.74 Å². The monoisotopic (exact) mass is 296 g/mol. The van der Waals surface area contributed by atoms with Gasteiger partial charge in [-0.15, -0.1) is 0 Å². The largest absolute Gasteiger partial charge is 0.444 e. The Labute approximate surface area is 122 Å². The molecular formula is C13H20N4O2S. The number of amides is 1. The number of nitrogens with zero attached hydrogens (tertiary/aromatic N) is 4. The summed E-state index contributed by atoms with van der Waals surface area (Å²) in [7, 11) is 0. The van der Waals surface area contributed by atoms with Gasteiger partial charge < -0.3 is 14.5 Å². The van der Waals surface area contributed by atoms with Crippen LogP contribution >= 0.6 is 11.5 Å². The van der Waals surface area contributed by atoms with Crippen molar-refractivity contribution in [2.24, 2.45) is 0 Å². The van der Waals surface area contributed by atoms with Crippen molar-refractivity contribution in [1.82, 2.24) is 14.3 Å². The van der Waals surface area contributed by atoms with E-state index in [9.17, 15) is 4.79 Å². The molecule has 2 fully saturated rings. The molecule has 6 nitrogen and oxygen atoms in total. The van der Waals surface area contributed by atoms with Crippen molar-refractivity contribution in [3.63, 3.8) is 0 Å². The van der Waals surface area contributed by atoms with E-state index < -0.39 is 5.60 Å². The Morgan fingerprint density at radius 3 is 2.60 bits per heavy atom. The maximum Gasteiger partial charge on any atom is 0.410 e. The number of carbonyl (C=O) groups is 1. The molecule has 110 valence electrons. The molecule has 0 saturated carbocycles. The predicted octanol–water partition coefficient (Wildman–Crippen LogP) is 2.04. The number of likely N-dealkylation sites (tertiary alicyclic amines) is 1. The average molecular weight is 296 g/mol. The summed E-state index contributed by atoms with van der Waals surface area (Å²) in [5.74, 6) is 0.816. The molecule has 3 rings (SSSR count). The Bertz CT molecular complexity index is 525. The quantitative estimate of drug-likeness (QED) is 0.794. The second kappa shape index (κ2) is 4.58. The van der Waals surface area contributed by atoms with E-state index >= 15 is 0 Å². The lowest BCUT2D eigenvalue weighted by atomic mass is 10.2. The molecule has 3 heterocycles. The van der Waals surface area contributed by atoms with Crippen LogP contribution < -0.4 is 4.90 Å². The van der Waals surface area contributed by atoms with Crippen molar-refractivity contribution in [3.8, 4) is 0 Å². The Kier molecular flexibility index (Phi) is 3.12. The SMILES string of the molecule is Cc1nsc(N2CC3CC2CN3C(=O)OC(C)(C)C)n1. The Balaban J connectivity index is 1.66.